The third-order valence-corrected chi connectivity index (χ3v) is 8.08. The second-order valence-corrected chi connectivity index (χ2v) is 11.2. The largest absolute Gasteiger partial charge is 0.393 e. The van der Waals surface area contributed by atoms with Crippen LogP contribution < -0.4 is 0 Å². The number of ether oxygens (including phenoxy) is 4. The number of fused-ring (bicyclic) bond motifs is 2. The molecule has 212 valence electrons. The van der Waals surface area contributed by atoms with Gasteiger partial charge in [0.05, 0.1) is 32.5 Å². The Hall–Kier alpha value is -3.10. The molecule has 0 aliphatic carbocycles. The third-order valence-electron chi connectivity index (χ3n) is 7.83. The molecule has 2 saturated heterocycles. The van der Waals surface area contributed by atoms with Crippen molar-refractivity contribution in [1.82, 2.24) is 0 Å². The maximum atomic E-state index is 15.1. The predicted molar refractivity (Wildman–Crippen MR) is 154 cm³/mol. The van der Waals surface area contributed by atoms with E-state index in [4.69, 9.17) is 30.5 Å². The summed E-state index contributed by atoms with van der Waals surface area (Å²) in [5, 5.41) is 11.1. The van der Waals surface area contributed by atoms with Crippen LogP contribution in [0, 0.1) is 5.82 Å². The Labute approximate surface area is 244 Å². The Bertz CT molecular complexity index is 1450. The van der Waals surface area contributed by atoms with Crippen LogP contribution in [0.1, 0.15) is 34.2 Å². The zero-order valence-corrected chi connectivity index (χ0v) is 23.3. The van der Waals surface area contributed by atoms with E-state index >= 15 is 4.39 Å². The molecule has 2 heterocycles. The number of aliphatic hydroxyl groups excluding tert-OH is 1. The van der Waals surface area contributed by atoms with E-state index in [1.807, 2.05) is 72.8 Å². The maximum Gasteiger partial charge on any atom is 0.225 e. The Morgan fingerprint density at radius 1 is 0.829 bits per heavy atom. The second-order valence-electron chi connectivity index (χ2n) is 10.8. The van der Waals surface area contributed by atoms with Gasteiger partial charge in [-0.1, -0.05) is 90.5 Å². The van der Waals surface area contributed by atoms with Gasteiger partial charge in [0, 0.05) is 23.4 Å². The summed E-state index contributed by atoms with van der Waals surface area (Å²) >= 11 is 6.06. The van der Waals surface area contributed by atoms with Crippen LogP contribution in [-0.4, -0.2) is 36.1 Å². The molecule has 0 saturated carbocycles. The number of aliphatic hydroxyl groups is 1. The highest BCUT2D eigenvalue weighted by atomic mass is 35.5. The van der Waals surface area contributed by atoms with Gasteiger partial charge in [0.2, 0.25) is 5.79 Å². The van der Waals surface area contributed by atoms with E-state index in [-0.39, 0.29) is 19.0 Å². The van der Waals surface area contributed by atoms with Crippen LogP contribution in [0.25, 0.3) is 0 Å². The molecule has 1 N–H and O–H groups in total. The molecule has 4 aromatic carbocycles. The molecule has 41 heavy (non-hydrogen) atoms. The molecule has 2 fully saturated rings. The number of halogens is 2. The van der Waals surface area contributed by atoms with E-state index in [1.165, 1.54) is 6.07 Å². The SMILES string of the molecule is OCC12COC(c3ccc(F)c(Cc4ccc(Cl)cc4)c3)(O1)C(OCc1ccccc1)C(OCc1ccccc1)C2. The summed E-state index contributed by atoms with van der Waals surface area (Å²) in [5.41, 5.74) is 3.06. The minimum absolute atomic E-state index is 0.157. The second kappa shape index (κ2) is 12.0. The fraction of sp³-hybridized carbons (Fsp3) is 0.294. The summed E-state index contributed by atoms with van der Waals surface area (Å²) in [4.78, 5) is 0. The first-order valence-electron chi connectivity index (χ1n) is 13.8. The minimum Gasteiger partial charge on any atom is -0.393 e. The quantitative estimate of drug-likeness (QED) is 0.232. The van der Waals surface area contributed by atoms with Crippen molar-refractivity contribution >= 4 is 11.6 Å². The van der Waals surface area contributed by atoms with Crippen molar-refractivity contribution < 1.29 is 28.4 Å². The Morgan fingerprint density at radius 3 is 2.15 bits per heavy atom. The van der Waals surface area contributed by atoms with Gasteiger partial charge in [-0.25, -0.2) is 4.39 Å². The van der Waals surface area contributed by atoms with E-state index in [0.29, 0.717) is 42.2 Å². The summed E-state index contributed by atoms with van der Waals surface area (Å²) in [5.74, 6) is -1.74. The standard InChI is InChI=1S/C34H32ClFO5/c35-29-14-11-24(12-15-29)17-27-18-28(13-16-30(27)36)34-32(39-21-26-9-5-2-6-10-26)31(19-33(22-37,41-34)23-40-34)38-20-25-7-3-1-4-8-25/h1-16,18,31-32,37H,17,19-23H2. The average molecular weight is 575 g/mol. The molecule has 0 amide bonds. The first-order chi connectivity index (χ1) is 20.0. The zero-order valence-electron chi connectivity index (χ0n) is 22.5. The van der Waals surface area contributed by atoms with Crippen molar-refractivity contribution in [3.05, 3.63) is 142 Å². The highest BCUT2D eigenvalue weighted by Gasteiger charge is 2.64. The summed E-state index contributed by atoms with van der Waals surface area (Å²) < 4.78 is 41.3. The lowest BCUT2D eigenvalue weighted by atomic mass is 9.85. The van der Waals surface area contributed by atoms with Crippen LogP contribution in [0.4, 0.5) is 4.39 Å². The lowest BCUT2D eigenvalue weighted by Gasteiger charge is -2.46. The first kappa shape index (κ1) is 28.0. The fourth-order valence-electron chi connectivity index (χ4n) is 5.68. The van der Waals surface area contributed by atoms with E-state index in [1.54, 1.807) is 24.3 Å². The van der Waals surface area contributed by atoms with Crippen LogP contribution in [0.15, 0.2) is 103 Å². The Morgan fingerprint density at radius 2 is 1.49 bits per heavy atom. The molecule has 4 aromatic rings. The molecule has 6 rings (SSSR count). The van der Waals surface area contributed by atoms with Gasteiger partial charge < -0.3 is 24.1 Å². The van der Waals surface area contributed by atoms with Crippen molar-refractivity contribution in [2.24, 2.45) is 0 Å². The van der Waals surface area contributed by atoms with Crippen LogP contribution >= 0.6 is 11.6 Å². The smallest absolute Gasteiger partial charge is 0.225 e. The van der Waals surface area contributed by atoms with Gasteiger partial charge >= 0.3 is 0 Å². The number of benzene rings is 4. The van der Waals surface area contributed by atoms with Crippen molar-refractivity contribution in [2.75, 3.05) is 13.2 Å². The molecule has 4 unspecified atom stereocenters. The number of rotatable bonds is 10. The number of hydrogen-bond donors (Lipinski definition) is 1. The van der Waals surface area contributed by atoms with Gasteiger partial charge in [0.1, 0.15) is 17.5 Å². The van der Waals surface area contributed by atoms with Crippen LogP contribution in [-0.2, 0) is 44.4 Å². The summed E-state index contributed by atoms with van der Waals surface area (Å²) in [6.45, 7) is 0.573. The molecule has 0 spiro atoms. The van der Waals surface area contributed by atoms with Gasteiger partial charge in [0.15, 0.2) is 0 Å². The first-order valence-corrected chi connectivity index (χ1v) is 14.2. The van der Waals surface area contributed by atoms with E-state index in [9.17, 15) is 5.11 Å². The van der Waals surface area contributed by atoms with Crippen molar-refractivity contribution in [2.45, 2.75) is 49.7 Å². The molecular formula is C34H32ClFO5. The van der Waals surface area contributed by atoms with Gasteiger partial charge in [-0.3, -0.25) is 0 Å². The van der Waals surface area contributed by atoms with Gasteiger partial charge in [0.25, 0.3) is 0 Å². The molecule has 2 aliphatic rings. The fourth-order valence-corrected chi connectivity index (χ4v) is 5.80. The highest BCUT2D eigenvalue weighted by Crippen LogP contribution is 2.51. The summed E-state index contributed by atoms with van der Waals surface area (Å²) in [6.07, 6.45) is -0.410. The maximum absolute atomic E-state index is 15.1. The third kappa shape index (κ3) is 5.95. The summed E-state index contributed by atoms with van der Waals surface area (Å²) in [6, 6.07) is 32.0. The zero-order chi connectivity index (χ0) is 28.3. The van der Waals surface area contributed by atoms with Crippen molar-refractivity contribution in [1.29, 1.82) is 0 Å². The minimum atomic E-state index is -1.40. The Balaban J connectivity index is 1.37. The van der Waals surface area contributed by atoms with E-state index in [2.05, 4.69) is 0 Å². The molecule has 7 heteroatoms. The lowest BCUT2D eigenvalue weighted by Crippen LogP contribution is -2.58. The number of hydrogen-bond acceptors (Lipinski definition) is 5. The van der Waals surface area contributed by atoms with Gasteiger partial charge in [-0.2, -0.15) is 0 Å². The van der Waals surface area contributed by atoms with Crippen LogP contribution in [0.5, 0.6) is 0 Å². The molecular weight excluding hydrogens is 543 g/mol. The van der Waals surface area contributed by atoms with E-state index < -0.39 is 23.6 Å². The van der Waals surface area contributed by atoms with Gasteiger partial charge in [-0.05, 0) is 46.5 Å². The highest BCUT2D eigenvalue weighted by molar-refractivity contribution is 6.30. The predicted octanol–water partition coefficient (Wildman–Crippen LogP) is 6.58. The van der Waals surface area contributed by atoms with Crippen LogP contribution in [0.3, 0.4) is 0 Å². The molecule has 2 bridgehead atoms. The molecule has 2 aliphatic heterocycles. The normalized spacial score (nSPS) is 25.3. The van der Waals surface area contributed by atoms with E-state index in [0.717, 1.165) is 16.7 Å². The van der Waals surface area contributed by atoms with Crippen molar-refractivity contribution in [3.63, 3.8) is 0 Å². The molecule has 0 aromatic heterocycles. The monoisotopic (exact) mass is 574 g/mol. The molecule has 4 atom stereocenters. The average Bonchev–Trinajstić information content (AvgIpc) is 3.34. The summed E-state index contributed by atoms with van der Waals surface area (Å²) in [7, 11) is 0. The Kier molecular flexibility index (Phi) is 8.22. The van der Waals surface area contributed by atoms with Crippen LogP contribution in [0.2, 0.25) is 5.02 Å². The molecule has 5 nitrogen and oxygen atoms in total. The van der Waals surface area contributed by atoms with Gasteiger partial charge in [-0.15, -0.1) is 0 Å². The topological polar surface area (TPSA) is 57.2 Å². The molecule has 0 radical (unpaired) electrons. The lowest BCUT2D eigenvalue weighted by molar-refractivity contribution is -0.321. The van der Waals surface area contributed by atoms with Crippen molar-refractivity contribution in [3.8, 4) is 0 Å².